The van der Waals surface area contributed by atoms with Crippen LogP contribution in [0.25, 0.3) is 22.5 Å². The van der Waals surface area contributed by atoms with Crippen LogP contribution in [-0.4, -0.2) is 18.6 Å². The number of fused-ring (bicyclic) bond motifs is 3. The first-order valence-electron chi connectivity index (χ1n) is 11.7. The average molecular weight is 421 g/mol. The molecular weight excluding hydrogens is 388 g/mol. The highest BCUT2D eigenvalue weighted by atomic mass is 15.4. The minimum absolute atomic E-state index is 0.0376. The van der Waals surface area contributed by atoms with E-state index in [-0.39, 0.29) is 10.8 Å². The minimum Gasteiger partial charge on any atom is -0.354 e. The maximum atomic E-state index is 2.56. The van der Waals surface area contributed by atoms with Crippen LogP contribution in [-0.2, 0) is 10.8 Å². The SMILES string of the molecule is Cc1cccc(C)c1C1=C2c3cccc4c3-c3c(cccc3C(C)(C)C4(C)C)N2CN1C. The highest BCUT2D eigenvalue weighted by Gasteiger charge is 2.50. The van der Waals surface area contributed by atoms with Crippen molar-refractivity contribution in [1.29, 1.82) is 0 Å². The Balaban J connectivity index is 1.78. The first-order chi connectivity index (χ1) is 15.2. The predicted octanol–water partition coefficient (Wildman–Crippen LogP) is 7.09. The zero-order chi connectivity index (χ0) is 22.6. The number of hydrogen-bond acceptors (Lipinski definition) is 2. The zero-order valence-electron chi connectivity index (χ0n) is 20.3. The number of benzene rings is 3. The molecule has 6 rings (SSSR count). The van der Waals surface area contributed by atoms with Crippen LogP contribution >= 0.6 is 0 Å². The van der Waals surface area contributed by atoms with Gasteiger partial charge < -0.3 is 9.80 Å². The van der Waals surface area contributed by atoms with E-state index >= 15 is 0 Å². The highest BCUT2D eigenvalue weighted by molar-refractivity contribution is 6.11. The number of hydrogen-bond donors (Lipinski definition) is 0. The maximum absolute atomic E-state index is 2.56. The summed E-state index contributed by atoms with van der Waals surface area (Å²) in [4.78, 5) is 5.00. The molecular formula is C30H32N2. The summed E-state index contributed by atoms with van der Waals surface area (Å²) in [6.07, 6.45) is 0. The lowest BCUT2D eigenvalue weighted by Gasteiger charge is -2.51. The molecule has 2 nitrogen and oxygen atoms in total. The van der Waals surface area contributed by atoms with Gasteiger partial charge >= 0.3 is 0 Å². The third-order valence-corrected chi connectivity index (χ3v) is 8.76. The molecule has 3 aliphatic rings. The fraction of sp³-hybridized carbons (Fsp3) is 0.333. The van der Waals surface area contributed by atoms with Crippen molar-refractivity contribution in [3.8, 4) is 11.1 Å². The normalized spacial score (nSPS) is 19.2. The summed E-state index contributed by atoms with van der Waals surface area (Å²) in [7, 11) is 2.24. The van der Waals surface area contributed by atoms with Crippen molar-refractivity contribution >= 4 is 17.1 Å². The maximum Gasteiger partial charge on any atom is 0.0950 e. The van der Waals surface area contributed by atoms with Gasteiger partial charge in [-0.1, -0.05) is 76.2 Å². The van der Waals surface area contributed by atoms with Crippen molar-refractivity contribution in [2.24, 2.45) is 0 Å². The van der Waals surface area contributed by atoms with Gasteiger partial charge in [-0.05, 0) is 58.6 Å². The lowest BCUT2D eigenvalue weighted by Crippen LogP contribution is -2.45. The molecule has 0 fully saturated rings. The summed E-state index contributed by atoms with van der Waals surface area (Å²) in [5.41, 5.74) is 15.4. The quantitative estimate of drug-likeness (QED) is 0.415. The lowest BCUT2D eigenvalue weighted by molar-refractivity contribution is 0.299. The minimum atomic E-state index is 0.0376. The molecule has 2 heterocycles. The van der Waals surface area contributed by atoms with E-state index < -0.39 is 0 Å². The van der Waals surface area contributed by atoms with Crippen LogP contribution in [0.15, 0.2) is 54.6 Å². The van der Waals surface area contributed by atoms with Gasteiger partial charge in [0, 0.05) is 23.7 Å². The van der Waals surface area contributed by atoms with Gasteiger partial charge in [0.05, 0.1) is 23.8 Å². The van der Waals surface area contributed by atoms with Gasteiger partial charge in [0.15, 0.2) is 0 Å². The molecule has 0 N–H and O–H groups in total. The Labute approximate surface area is 192 Å². The molecule has 0 spiro atoms. The number of aryl methyl sites for hydroxylation is 2. The number of rotatable bonds is 1. The summed E-state index contributed by atoms with van der Waals surface area (Å²) in [6.45, 7) is 15.0. The van der Waals surface area contributed by atoms with Gasteiger partial charge in [0.25, 0.3) is 0 Å². The second-order valence-electron chi connectivity index (χ2n) is 10.9. The van der Waals surface area contributed by atoms with Crippen molar-refractivity contribution in [2.75, 3.05) is 18.6 Å². The molecule has 0 saturated carbocycles. The third-order valence-electron chi connectivity index (χ3n) is 8.76. The van der Waals surface area contributed by atoms with E-state index in [0.29, 0.717) is 0 Å². The van der Waals surface area contributed by atoms with Crippen LogP contribution < -0.4 is 4.90 Å². The van der Waals surface area contributed by atoms with Crippen LogP contribution in [0.2, 0.25) is 0 Å². The summed E-state index contributed by atoms with van der Waals surface area (Å²) in [6, 6.07) is 20.6. The van der Waals surface area contributed by atoms with Crippen LogP contribution in [0.3, 0.4) is 0 Å². The largest absolute Gasteiger partial charge is 0.354 e. The van der Waals surface area contributed by atoms with Crippen LogP contribution in [0.5, 0.6) is 0 Å². The smallest absolute Gasteiger partial charge is 0.0950 e. The molecule has 162 valence electrons. The van der Waals surface area contributed by atoms with Crippen LogP contribution in [0, 0.1) is 13.8 Å². The molecule has 3 aromatic carbocycles. The average Bonchev–Trinajstić information content (AvgIpc) is 3.09. The molecule has 2 aliphatic heterocycles. The molecule has 1 aliphatic carbocycles. The molecule has 0 amide bonds. The fourth-order valence-corrected chi connectivity index (χ4v) is 6.39. The van der Waals surface area contributed by atoms with E-state index in [1.807, 2.05) is 0 Å². The Morgan fingerprint density at radius 2 is 1.22 bits per heavy atom. The molecule has 0 aromatic heterocycles. The van der Waals surface area contributed by atoms with Gasteiger partial charge in [0.1, 0.15) is 0 Å². The van der Waals surface area contributed by atoms with Crippen molar-refractivity contribution in [3.05, 3.63) is 88.0 Å². The van der Waals surface area contributed by atoms with E-state index in [1.54, 1.807) is 0 Å². The standard InChI is InChI=1S/C30H32N2/c1-18-11-8-12-19(2)24(18)28-27-20-13-9-14-21-25(20)26-22(30(5,6)29(21,3)4)15-10-16-23(26)32(27)17-31(28)7/h8-16H,17H2,1-7H3. The second-order valence-corrected chi connectivity index (χ2v) is 10.9. The first-order valence-corrected chi connectivity index (χ1v) is 11.7. The Morgan fingerprint density at radius 3 is 1.88 bits per heavy atom. The number of anilines is 1. The Bertz CT molecular complexity index is 1320. The van der Waals surface area contributed by atoms with E-state index in [0.717, 1.165) is 6.67 Å². The molecule has 32 heavy (non-hydrogen) atoms. The molecule has 0 saturated heterocycles. The van der Waals surface area contributed by atoms with Crippen molar-refractivity contribution in [1.82, 2.24) is 4.90 Å². The third kappa shape index (κ3) is 2.16. The molecule has 0 radical (unpaired) electrons. The van der Waals surface area contributed by atoms with Gasteiger partial charge in [0.2, 0.25) is 0 Å². The molecule has 0 bridgehead atoms. The van der Waals surface area contributed by atoms with Crippen molar-refractivity contribution < 1.29 is 0 Å². The second kappa shape index (κ2) is 6.07. The van der Waals surface area contributed by atoms with Crippen LogP contribution in [0.1, 0.15) is 61.1 Å². The molecule has 0 atom stereocenters. The zero-order valence-corrected chi connectivity index (χ0v) is 20.3. The monoisotopic (exact) mass is 420 g/mol. The molecule has 3 aromatic rings. The topological polar surface area (TPSA) is 6.48 Å². The van der Waals surface area contributed by atoms with Crippen molar-refractivity contribution in [2.45, 2.75) is 52.4 Å². The fourth-order valence-electron chi connectivity index (χ4n) is 6.39. The van der Waals surface area contributed by atoms with Crippen LogP contribution in [0.4, 0.5) is 5.69 Å². The van der Waals surface area contributed by atoms with E-state index in [9.17, 15) is 0 Å². The summed E-state index contributed by atoms with van der Waals surface area (Å²) >= 11 is 0. The first kappa shape index (κ1) is 19.7. The van der Waals surface area contributed by atoms with Crippen molar-refractivity contribution in [3.63, 3.8) is 0 Å². The van der Waals surface area contributed by atoms with E-state index in [4.69, 9.17) is 0 Å². The van der Waals surface area contributed by atoms with Gasteiger partial charge in [-0.3, -0.25) is 0 Å². The highest BCUT2D eigenvalue weighted by Crippen LogP contribution is 2.61. The van der Waals surface area contributed by atoms with Gasteiger partial charge in [-0.2, -0.15) is 0 Å². The summed E-state index contributed by atoms with van der Waals surface area (Å²) in [5.74, 6) is 0. The Morgan fingerprint density at radius 1 is 0.656 bits per heavy atom. The lowest BCUT2D eigenvalue weighted by atomic mass is 9.54. The predicted molar refractivity (Wildman–Crippen MR) is 136 cm³/mol. The van der Waals surface area contributed by atoms with E-state index in [1.165, 1.54) is 61.6 Å². The van der Waals surface area contributed by atoms with Gasteiger partial charge in [-0.15, -0.1) is 0 Å². The Kier molecular flexibility index (Phi) is 3.73. The molecule has 0 unspecified atom stereocenters. The molecule has 2 heteroatoms. The van der Waals surface area contributed by atoms with E-state index in [2.05, 4.69) is 113 Å². The van der Waals surface area contributed by atoms with Gasteiger partial charge in [-0.25, -0.2) is 0 Å². The summed E-state index contributed by atoms with van der Waals surface area (Å²) < 4.78 is 0. The Hall–Kier alpha value is -3.00. The number of nitrogens with zero attached hydrogens (tertiary/aromatic N) is 2. The summed E-state index contributed by atoms with van der Waals surface area (Å²) in [5, 5.41) is 0.